The zero-order valence-corrected chi connectivity index (χ0v) is 20.0. The van der Waals surface area contributed by atoms with Crippen molar-refractivity contribution in [1.29, 1.82) is 0 Å². The van der Waals surface area contributed by atoms with Gasteiger partial charge in [-0.1, -0.05) is 0 Å². The molecule has 9 heteroatoms. The van der Waals surface area contributed by atoms with Gasteiger partial charge in [-0.3, -0.25) is 4.79 Å². The Morgan fingerprint density at radius 1 is 1.06 bits per heavy atom. The van der Waals surface area contributed by atoms with Crippen LogP contribution < -0.4 is 19.5 Å². The average Bonchev–Trinajstić information content (AvgIpc) is 3.28. The number of H-pyrrole nitrogens is 1. The lowest BCUT2D eigenvalue weighted by molar-refractivity contribution is 0.0970. The second-order valence-corrected chi connectivity index (χ2v) is 8.15. The number of hydrogen-bond donors (Lipinski definition) is 3. The molecule has 36 heavy (non-hydrogen) atoms. The topological polar surface area (TPSA) is 92.8 Å². The minimum Gasteiger partial charge on any atom is -0.497 e. The molecular weight excluding hydrogens is 470 g/mol. The standard InChI is InChI=1S/C27H26F2N2O5/c1-15-8-21-22(14-30-24(21)13-23(15)29)27(33)26(20-5-4-16(28)9-25(20)35-3)31-17-10-18(34-2)12-19(11-17)36-7-6-32/h4-5,8-14,26,30-32H,6-7H2,1-3H3. The first kappa shape index (κ1) is 25.0. The number of ketones is 1. The molecule has 1 atom stereocenters. The number of fused-ring (bicyclic) bond motifs is 1. The summed E-state index contributed by atoms with van der Waals surface area (Å²) >= 11 is 0. The number of aromatic nitrogens is 1. The third kappa shape index (κ3) is 5.11. The number of carbonyl (C=O) groups excluding carboxylic acids is 1. The van der Waals surface area contributed by atoms with Crippen LogP contribution >= 0.6 is 0 Å². The molecule has 0 aliphatic heterocycles. The SMILES string of the molecule is COc1cc(NC(C(=O)c2c[nH]c3cc(F)c(C)cc23)c2ccc(F)cc2OC)cc(OCCO)c1. The molecule has 0 saturated carbocycles. The molecule has 0 aliphatic carbocycles. The maximum Gasteiger partial charge on any atom is 0.191 e. The molecule has 0 spiro atoms. The molecule has 0 radical (unpaired) electrons. The molecule has 3 N–H and O–H groups in total. The van der Waals surface area contributed by atoms with Crippen LogP contribution in [0.4, 0.5) is 14.5 Å². The van der Waals surface area contributed by atoms with Crippen LogP contribution in [0.3, 0.4) is 0 Å². The van der Waals surface area contributed by atoms with Crippen LogP contribution in [-0.4, -0.2) is 43.3 Å². The third-order valence-electron chi connectivity index (χ3n) is 5.78. The summed E-state index contributed by atoms with van der Waals surface area (Å²) in [6.45, 7) is 1.53. The van der Waals surface area contributed by atoms with Gasteiger partial charge in [-0.15, -0.1) is 0 Å². The Morgan fingerprint density at radius 3 is 2.56 bits per heavy atom. The number of aliphatic hydroxyl groups is 1. The zero-order valence-electron chi connectivity index (χ0n) is 20.0. The number of ether oxygens (including phenoxy) is 3. The lowest BCUT2D eigenvalue weighted by atomic mass is 9.95. The molecule has 0 saturated heterocycles. The highest BCUT2D eigenvalue weighted by molar-refractivity contribution is 6.11. The smallest absolute Gasteiger partial charge is 0.191 e. The zero-order chi connectivity index (χ0) is 25.8. The Morgan fingerprint density at radius 2 is 1.83 bits per heavy atom. The first-order chi connectivity index (χ1) is 17.3. The van der Waals surface area contributed by atoms with Gasteiger partial charge in [0.05, 0.1) is 20.8 Å². The number of aliphatic hydroxyl groups excluding tert-OH is 1. The van der Waals surface area contributed by atoms with E-state index in [9.17, 15) is 13.6 Å². The van der Waals surface area contributed by atoms with Gasteiger partial charge >= 0.3 is 0 Å². The van der Waals surface area contributed by atoms with E-state index in [1.165, 1.54) is 44.7 Å². The molecule has 0 amide bonds. The Labute approximate surface area is 206 Å². The fourth-order valence-electron chi connectivity index (χ4n) is 4.01. The van der Waals surface area contributed by atoms with E-state index in [0.717, 1.165) is 0 Å². The molecular formula is C27H26F2N2O5. The highest BCUT2D eigenvalue weighted by atomic mass is 19.1. The Hall–Kier alpha value is -4.11. The van der Waals surface area contributed by atoms with E-state index in [-0.39, 0.29) is 30.6 Å². The number of hydrogen-bond acceptors (Lipinski definition) is 6. The molecule has 1 aromatic heterocycles. The number of anilines is 1. The van der Waals surface area contributed by atoms with Gasteiger partial charge in [-0.2, -0.15) is 0 Å². The molecule has 4 rings (SSSR count). The van der Waals surface area contributed by atoms with Gasteiger partial charge in [0.15, 0.2) is 5.78 Å². The van der Waals surface area contributed by atoms with Crippen molar-refractivity contribution in [2.75, 3.05) is 32.8 Å². The second-order valence-electron chi connectivity index (χ2n) is 8.15. The summed E-state index contributed by atoms with van der Waals surface area (Å²) < 4.78 is 44.4. The van der Waals surface area contributed by atoms with Gasteiger partial charge < -0.3 is 29.6 Å². The number of methoxy groups -OCH3 is 2. The van der Waals surface area contributed by atoms with Gasteiger partial charge in [-0.05, 0) is 36.8 Å². The van der Waals surface area contributed by atoms with Gasteiger partial charge in [0.1, 0.15) is 41.5 Å². The van der Waals surface area contributed by atoms with E-state index in [0.29, 0.717) is 44.8 Å². The minimum absolute atomic E-state index is 0.0754. The number of aryl methyl sites for hydroxylation is 1. The first-order valence-electron chi connectivity index (χ1n) is 11.2. The summed E-state index contributed by atoms with van der Waals surface area (Å²) in [5.74, 6) is -0.184. The van der Waals surface area contributed by atoms with Gasteiger partial charge in [0, 0.05) is 58.2 Å². The molecule has 4 aromatic rings. The van der Waals surface area contributed by atoms with E-state index >= 15 is 0 Å². The Balaban J connectivity index is 1.82. The summed E-state index contributed by atoms with van der Waals surface area (Å²) in [6.07, 6.45) is 1.53. The van der Waals surface area contributed by atoms with Crippen molar-refractivity contribution in [3.63, 3.8) is 0 Å². The molecule has 0 bridgehead atoms. The summed E-state index contributed by atoms with van der Waals surface area (Å²) in [5, 5.41) is 12.9. The summed E-state index contributed by atoms with van der Waals surface area (Å²) in [4.78, 5) is 16.9. The van der Waals surface area contributed by atoms with Crippen LogP contribution in [0.25, 0.3) is 10.9 Å². The van der Waals surface area contributed by atoms with Crippen LogP contribution in [0.1, 0.15) is 27.5 Å². The van der Waals surface area contributed by atoms with Crippen LogP contribution in [0.5, 0.6) is 17.2 Å². The van der Waals surface area contributed by atoms with Crippen LogP contribution in [0.2, 0.25) is 0 Å². The lowest BCUT2D eigenvalue weighted by Crippen LogP contribution is -2.22. The maximum atomic E-state index is 14.1. The Bertz CT molecular complexity index is 1400. The normalized spacial score (nSPS) is 11.8. The van der Waals surface area contributed by atoms with E-state index in [4.69, 9.17) is 19.3 Å². The van der Waals surface area contributed by atoms with E-state index < -0.39 is 11.9 Å². The summed E-state index contributed by atoms with van der Waals surface area (Å²) in [5.41, 5.74) is 2.09. The second kappa shape index (κ2) is 10.7. The highest BCUT2D eigenvalue weighted by Crippen LogP contribution is 2.35. The lowest BCUT2D eigenvalue weighted by Gasteiger charge is -2.22. The summed E-state index contributed by atoms with van der Waals surface area (Å²) in [7, 11) is 2.89. The van der Waals surface area contributed by atoms with Crippen LogP contribution in [0.15, 0.2) is 54.7 Å². The fourth-order valence-corrected chi connectivity index (χ4v) is 4.01. The largest absolute Gasteiger partial charge is 0.497 e. The number of aromatic amines is 1. The molecule has 1 unspecified atom stereocenters. The van der Waals surface area contributed by atoms with Crippen molar-refractivity contribution in [1.82, 2.24) is 4.98 Å². The molecule has 0 aliphatic rings. The van der Waals surface area contributed by atoms with Crippen molar-refractivity contribution < 1.29 is 32.9 Å². The molecule has 0 fully saturated rings. The van der Waals surface area contributed by atoms with E-state index in [1.54, 1.807) is 31.2 Å². The van der Waals surface area contributed by atoms with E-state index in [2.05, 4.69) is 10.3 Å². The maximum absolute atomic E-state index is 14.1. The molecule has 3 aromatic carbocycles. The predicted octanol–water partition coefficient (Wildman–Crippen LogP) is 5.18. The van der Waals surface area contributed by atoms with Crippen LogP contribution in [0, 0.1) is 18.6 Å². The molecule has 1 heterocycles. The minimum atomic E-state index is -1.01. The number of rotatable bonds is 10. The van der Waals surface area contributed by atoms with Crippen molar-refractivity contribution in [2.24, 2.45) is 0 Å². The van der Waals surface area contributed by atoms with Crippen LogP contribution in [-0.2, 0) is 0 Å². The van der Waals surface area contributed by atoms with Gasteiger partial charge in [0.2, 0.25) is 0 Å². The number of nitrogens with one attached hydrogen (secondary N) is 2. The van der Waals surface area contributed by atoms with E-state index in [1.807, 2.05) is 0 Å². The average molecular weight is 497 g/mol. The van der Waals surface area contributed by atoms with Crippen molar-refractivity contribution in [2.45, 2.75) is 13.0 Å². The first-order valence-corrected chi connectivity index (χ1v) is 11.2. The molecule has 188 valence electrons. The Kier molecular flexibility index (Phi) is 7.40. The molecule has 7 nitrogen and oxygen atoms in total. The quantitative estimate of drug-likeness (QED) is 0.262. The third-order valence-corrected chi connectivity index (χ3v) is 5.78. The highest BCUT2D eigenvalue weighted by Gasteiger charge is 2.28. The number of carbonyl (C=O) groups is 1. The van der Waals surface area contributed by atoms with Crippen molar-refractivity contribution >= 4 is 22.4 Å². The summed E-state index contributed by atoms with van der Waals surface area (Å²) in [6, 6.07) is 10.8. The predicted molar refractivity (Wildman–Crippen MR) is 132 cm³/mol. The number of Topliss-reactive ketones (excluding diaryl/α,β-unsaturated/α-hetero) is 1. The fraction of sp³-hybridized carbons (Fsp3) is 0.222. The number of benzene rings is 3. The van der Waals surface area contributed by atoms with Gasteiger partial charge in [-0.25, -0.2) is 8.78 Å². The van der Waals surface area contributed by atoms with Gasteiger partial charge in [0.25, 0.3) is 0 Å². The monoisotopic (exact) mass is 496 g/mol. The van der Waals surface area contributed by atoms with Crippen molar-refractivity contribution in [3.05, 3.63) is 83.1 Å². The number of halogens is 2. The van der Waals surface area contributed by atoms with Crippen molar-refractivity contribution in [3.8, 4) is 17.2 Å².